The van der Waals surface area contributed by atoms with Gasteiger partial charge in [-0.25, -0.2) is 0 Å². The monoisotopic (exact) mass is 182 g/mol. The van der Waals surface area contributed by atoms with Gasteiger partial charge in [-0.15, -0.1) is 0 Å². The van der Waals surface area contributed by atoms with Gasteiger partial charge in [0, 0.05) is 5.02 Å². The molecule has 1 aromatic carbocycles. The standard InChI is InChI=1S/C7H7ClO.K.H/c1-5-4-6(8)2-3-7(5)9;;/h2-4,9H,1H3;;. The van der Waals surface area contributed by atoms with Gasteiger partial charge in [-0.2, -0.15) is 0 Å². The maximum absolute atomic E-state index is 8.99. The molecule has 0 aliphatic carbocycles. The number of aryl methyl sites for hydroxylation is 1. The van der Waals surface area contributed by atoms with Gasteiger partial charge in [0.2, 0.25) is 0 Å². The minimum atomic E-state index is 0. The average Bonchev–Trinajstić information content (AvgIpc) is 1.80. The molecule has 0 amide bonds. The van der Waals surface area contributed by atoms with Crippen molar-refractivity contribution in [3.8, 4) is 5.75 Å². The number of halogens is 1. The molecule has 0 atom stereocenters. The summed E-state index contributed by atoms with van der Waals surface area (Å²) in [5, 5.41) is 9.64. The van der Waals surface area contributed by atoms with Crippen LogP contribution in [0, 0.1) is 6.92 Å². The van der Waals surface area contributed by atoms with Gasteiger partial charge in [0.15, 0.2) is 0 Å². The summed E-state index contributed by atoms with van der Waals surface area (Å²) in [6, 6.07) is 4.96. The Bertz CT molecular complexity index is 225. The zero-order valence-electron chi connectivity index (χ0n) is 5.06. The molecule has 0 aliphatic heterocycles. The predicted octanol–water partition coefficient (Wildman–Crippen LogP) is 1.71. The van der Waals surface area contributed by atoms with Crippen LogP contribution in [0.3, 0.4) is 0 Å². The summed E-state index contributed by atoms with van der Waals surface area (Å²) in [6.07, 6.45) is 0. The second-order valence-corrected chi connectivity index (χ2v) is 2.37. The SMILES string of the molecule is Cc1cc(Cl)ccc1O.[KH]. The Morgan fingerprint density at radius 3 is 2.40 bits per heavy atom. The summed E-state index contributed by atoms with van der Waals surface area (Å²) in [5.74, 6) is 0.291. The third-order valence-corrected chi connectivity index (χ3v) is 1.39. The van der Waals surface area contributed by atoms with Gasteiger partial charge in [0.1, 0.15) is 5.75 Å². The molecule has 0 spiro atoms. The van der Waals surface area contributed by atoms with Gasteiger partial charge in [-0.05, 0) is 30.7 Å². The Kier molecular flexibility index (Phi) is 5.20. The third kappa shape index (κ3) is 2.90. The normalized spacial score (nSPS) is 8.60. The van der Waals surface area contributed by atoms with Gasteiger partial charge in [-0.1, -0.05) is 11.6 Å². The summed E-state index contributed by atoms with van der Waals surface area (Å²) >= 11 is 5.61. The van der Waals surface area contributed by atoms with Crippen molar-refractivity contribution >= 4 is 63.0 Å². The summed E-state index contributed by atoms with van der Waals surface area (Å²) in [4.78, 5) is 0. The molecule has 1 rings (SSSR count). The van der Waals surface area contributed by atoms with Gasteiger partial charge in [0.25, 0.3) is 0 Å². The molecule has 0 aliphatic rings. The number of benzene rings is 1. The number of hydrogen-bond acceptors (Lipinski definition) is 1. The van der Waals surface area contributed by atoms with Crippen LogP contribution in [0.5, 0.6) is 5.75 Å². The molecule has 0 unspecified atom stereocenters. The quantitative estimate of drug-likeness (QED) is 0.606. The van der Waals surface area contributed by atoms with E-state index in [4.69, 9.17) is 16.7 Å². The van der Waals surface area contributed by atoms with Crippen molar-refractivity contribution in [1.82, 2.24) is 0 Å². The topological polar surface area (TPSA) is 20.2 Å². The first-order valence-corrected chi connectivity index (χ1v) is 3.03. The van der Waals surface area contributed by atoms with Crippen LogP contribution in [0.1, 0.15) is 5.56 Å². The van der Waals surface area contributed by atoms with Gasteiger partial charge >= 0.3 is 51.4 Å². The molecule has 0 radical (unpaired) electrons. The van der Waals surface area contributed by atoms with E-state index >= 15 is 0 Å². The van der Waals surface area contributed by atoms with Gasteiger partial charge in [0.05, 0.1) is 0 Å². The molecule has 0 saturated carbocycles. The Morgan fingerprint density at radius 2 is 2.00 bits per heavy atom. The molecule has 0 aromatic heterocycles. The molecule has 1 nitrogen and oxygen atoms in total. The van der Waals surface area contributed by atoms with Crippen LogP contribution in [0.15, 0.2) is 18.2 Å². The molecule has 1 aromatic rings. The predicted molar refractivity (Wildman–Crippen MR) is 45.0 cm³/mol. The Balaban J connectivity index is 0.000000810. The average molecular weight is 183 g/mol. The van der Waals surface area contributed by atoms with Crippen LogP contribution in [0.2, 0.25) is 5.02 Å². The van der Waals surface area contributed by atoms with Crippen molar-refractivity contribution in [2.45, 2.75) is 6.92 Å². The number of phenols is 1. The number of rotatable bonds is 0. The Morgan fingerprint density at radius 1 is 1.40 bits per heavy atom. The van der Waals surface area contributed by atoms with E-state index in [9.17, 15) is 0 Å². The van der Waals surface area contributed by atoms with Gasteiger partial charge in [-0.3, -0.25) is 0 Å². The maximum atomic E-state index is 8.99. The minimum absolute atomic E-state index is 0. The Labute approximate surface area is 108 Å². The molecule has 0 saturated heterocycles. The van der Waals surface area contributed by atoms with E-state index in [1.807, 2.05) is 0 Å². The van der Waals surface area contributed by atoms with Gasteiger partial charge < -0.3 is 5.11 Å². The Hall–Kier alpha value is 0.946. The number of aromatic hydroxyl groups is 1. The van der Waals surface area contributed by atoms with E-state index in [0.717, 1.165) is 5.56 Å². The molecule has 0 heterocycles. The van der Waals surface area contributed by atoms with Crippen LogP contribution in [-0.4, -0.2) is 56.5 Å². The second kappa shape index (κ2) is 4.75. The zero-order chi connectivity index (χ0) is 6.85. The van der Waals surface area contributed by atoms with Crippen LogP contribution >= 0.6 is 11.6 Å². The molecule has 10 heavy (non-hydrogen) atoms. The third-order valence-electron chi connectivity index (χ3n) is 1.16. The van der Waals surface area contributed by atoms with Crippen molar-refractivity contribution in [3.05, 3.63) is 28.8 Å². The van der Waals surface area contributed by atoms with E-state index < -0.39 is 0 Å². The van der Waals surface area contributed by atoms with E-state index in [2.05, 4.69) is 0 Å². The van der Waals surface area contributed by atoms with Crippen LogP contribution in [0.4, 0.5) is 0 Å². The molecule has 3 heteroatoms. The first kappa shape index (κ1) is 10.9. The zero-order valence-corrected chi connectivity index (χ0v) is 5.81. The molecular weight excluding hydrogens is 175 g/mol. The van der Waals surface area contributed by atoms with Crippen LogP contribution < -0.4 is 0 Å². The second-order valence-electron chi connectivity index (χ2n) is 1.93. The summed E-state index contributed by atoms with van der Waals surface area (Å²) in [5.41, 5.74) is 0.808. The molecule has 50 valence electrons. The van der Waals surface area contributed by atoms with E-state index in [-0.39, 0.29) is 51.4 Å². The first-order valence-electron chi connectivity index (χ1n) is 2.65. The van der Waals surface area contributed by atoms with Crippen molar-refractivity contribution in [2.24, 2.45) is 0 Å². The van der Waals surface area contributed by atoms with Crippen LogP contribution in [-0.2, 0) is 0 Å². The van der Waals surface area contributed by atoms with Crippen molar-refractivity contribution in [3.63, 3.8) is 0 Å². The fourth-order valence-electron chi connectivity index (χ4n) is 0.619. The van der Waals surface area contributed by atoms with Crippen molar-refractivity contribution in [1.29, 1.82) is 0 Å². The molecule has 0 bridgehead atoms. The molecule has 0 fully saturated rings. The summed E-state index contributed by atoms with van der Waals surface area (Å²) < 4.78 is 0. The van der Waals surface area contributed by atoms with E-state index in [0.29, 0.717) is 10.8 Å². The van der Waals surface area contributed by atoms with Crippen molar-refractivity contribution in [2.75, 3.05) is 0 Å². The number of hydrogen-bond donors (Lipinski definition) is 1. The fourth-order valence-corrected chi connectivity index (χ4v) is 0.846. The van der Waals surface area contributed by atoms with Crippen LogP contribution in [0.25, 0.3) is 0 Å². The molecular formula is C7H8ClKO. The first-order chi connectivity index (χ1) is 4.20. The molecule has 1 N–H and O–H groups in total. The fraction of sp³-hybridized carbons (Fsp3) is 0.143. The number of phenolic OH excluding ortho intramolecular Hbond substituents is 1. The summed E-state index contributed by atoms with van der Waals surface area (Å²) in [6.45, 7) is 1.81. The summed E-state index contributed by atoms with van der Waals surface area (Å²) in [7, 11) is 0. The van der Waals surface area contributed by atoms with Crippen molar-refractivity contribution < 1.29 is 5.11 Å². The van der Waals surface area contributed by atoms with E-state index in [1.54, 1.807) is 25.1 Å². The van der Waals surface area contributed by atoms with E-state index in [1.165, 1.54) is 0 Å².